The van der Waals surface area contributed by atoms with E-state index in [4.69, 9.17) is 37.9 Å². The summed E-state index contributed by atoms with van der Waals surface area (Å²) in [5.41, 5.74) is 12.0. The molecule has 4 heterocycles. The standard InChI is InChI=1S/C56H108N2O10.C47H74N4O6.2CH4/c1-3-5-7-9-11-13-15-17-18-19-20-21-22-23-24-25-26-27-29-31-33-35-38-42-50(60)57-47(51(61)48(59)41-37-34-32-30-28-16-14-12-10-8-6-4-2)45-66-55-54(64)53(63)52(62)49(68-55)46-67-56(65)58-43-39-36-40-44-58;1-5-6-7-8-9-10-11-12-13-14-15-23-30-43(53-33-40-26-19-16-20-27-40)45(54-34-41-28-21-17-22-29-41)42(49-50-48)35-55-46-39(4)37(2)38(3)44(57-46)36-56-47(52)51-31-24-18-25-32-51;;/h47-49,51-55,59,61-64H,3-46H2,1-2H3,(H,57,60);16-17,19-22,26-29,37-39,42-46H,5-15,18,23-25,30-36H2,1-4H3;2*1H4/t47-,48+,49?,51-,52-,53-,54?,55-;37-,38+,39?,42-,43+,44?,45-,46-;;/m00../s1. The van der Waals surface area contributed by atoms with Gasteiger partial charge in [0.05, 0.1) is 62.9 Å². The second-order valence-electron chi connectivity index (χ2n) is 37.5. The van der Waals surface area contributed by atoms with E-state index in [9.17, 15) is 45.4 Å². The van der Waals surface area contributed by atoms with Crippen molar-refractivity contribution in [2.45, 2.75) is 509 Å². The molecule has 4 aliphatic heterocycles. The summed E-state index contributed by atoms with van der Waals surface area (Å²) in [6.45, 7) is 16.3. The number of aliphatic hydroxyl groups is 5. The summed E-state index contributed by atoms with van der Waals surface area (Å²) in [4.78, 5) is 45.4. The van der Waals surface area contributed by atoms with E-state index in [1.165, 1.54) is 238 Å². The number of piperidine rings is 2. The highest BCUT2D eigenvalue weighted by molar-refractivity contribution is 5.76. The minimum Gasteiger partial charge on any atom is -0.447 e. The number of azide groups is 1. The highest BCUT2D eigenvalue weighted by atomic mass is 16.7. The van der Waals surface area contributed by atoms with Gasteiger partial charge >= 0.3 is 12.2 Å². The summed E-state index contributed by atoms with van der Waals surface area (Å²) < 4.78 is 49.5. The highest BCUT2D eigenvalue weighted by Crippen LogP contribution is 2.37. The van der Waals surface area contributed by atoms with E-state index in [-0.39, 0.29) is 89.7 Å². The van der Waals surface area contributed by atoms with Gasteiger partial charge in [-0.05, 0) is 86.3 Å². The first-order chi connectivity index (χ1) is 61.1. The average Bonchev–Trinajstić information content (AvgIpc) is 0.796. The molecule has 0 radical (unpaired) electrons. The van der Waals surface area contributed by atoms with Crippen LogP contribution in [0, 0.1) is 17.8 Å². The Bertz CT molecular complexity index is 2930. The fraction of sp³-hybridized carbons (Fsp3) is 0.857. The molecule has 16 atom stereocenters. The third kappa shape index (κ3) is 52.5. The van der Waals surface area contributed by atoms with Gasteiger partial charge in [-0.2, -0.15) is 0 Å². The molecule has 0 bridgehead atoms. The molecule has 0 aromatic heterocycles. The zero-order chi connectivity index (χ0) is 89.8. The molecular formula is C105H190N6O16. The number of hydrogen-bond acceptors (Lipinski definition) is 17. The molecule has 22 heteroatoms. The summed E-state index contributed by atoms with van der Waals surface area (Å²) in [7, 11) is 0. The summed E-state index contributed by atoms with van der Waals surface area (Å²) >= 11 is 0. The predicted molar refractivity (Wildman–Crippen MR) is 517 cm³/mol. The van der Waals surface area contributed by atoms with Crippen LogP contribution in [0.25, 0.3) is 10.4 Å². The summed E-state index contributed by atoms with van der Waals surface area (Å²) in [6, 6.07) is 18.6. The Morgan fingerprint density at radius 2 is 0.803 bits per heavy atom. The molecule has 0 aliphatic carbocycles. The van der Waals surface area contributed by atoms with E-state index in [0.29, 0.717) is 39.1 Å². The van der Waals surface area contributed by atoms with Crippen LogP contribution >= 0.6 is 0 Å². The Morgan fingerprint density at radius 3 is 1.21 bits per heavy atom. The third-order valence-corrected chi connectivity index (χ3v) is 26.9. The molecule has 6 N–H and O–H groups in total. The zero-order valence-electron chi connectivity index (χ0n) is 79.6. The van der Waals surface area contributed by atoms with Gasteiger partial charge in [0.2, 0.25) is 5.91 Å². The molecule has 6 rings (SSSR count). The molecule has 0 spiro atoms. The number of unbranched alkanes of at least 4 members (excludes halogenated alkanes) is 44. The number of carbonyl (C=O) groups excluding carboxylic acids is 3. The second kappa shape index (κ2) is 76.7. The molecule has 127 heavy (non-hydrogen) atoms. The second-order valence-corrected chi connectivity index (χ2v) is 37.5. The largest absolute Gasteiger partial charge is 0.447 e. The van der Waals surface area contributed by atoms with Gasteiger partial charge in [0.15, 0.2) is 12.6 Å². The quantitative estimate of drug-likeness (QED) is 0.0155. The number of carbonyl (C=O) groups is 3. The maximum Gasteiger partial charge on any atom is 0.409 e. The van der Waals surface area contributed by atoms with Crippen LogP contribution in [0.3, 0.4) is 0 Å². The SMILES string of the molecule is C.C.CCCCCCCCCCCCCCCCCCCCCCCCCC(=O)N[C@@H](CO[C@H]1OC(COC(=O)N2CCCCC2)[C@H](O)[C@H](O)C1O)[C@H](O)[C@H](O)CCCCCCCCCCCCCC.CCCCCCCCCCCCCC[C@@H](OCc1ccccc1)[C@@H](OCc1ccccc1)[C@H](CO[C@H]1OC(COC(=O)N2CCCCC2)[C@H](C)[C@H](C)C1C)N=[N+]=[N-]. The van der Waals surface area contributed by atoms with E-state index in [1.807, 2.05) is 48.5 Å². The van der Waals surface area contributed by atoms with Crippen LogP contribution in [-0.2, 0) is 55.9 Å². The maximum absolute atomic E-state index is 13.2. The lowest BCUT2D eigenvalue weighted by Gasteiger charge is -2.43. The molecule has 4 fully saturated rings. The number of likely N-dealkylation sites (tertiary alicyclic amines) is 2. The lowest BCUT2D eigenvalue weighted by atomic mass is 9.79. The Morgan fingerprint density at radius 1 is 0.441 bits per heavy atom. The van der Waals surface area contributed by atoms with E-state index < -0.39 is 73.5 Å². The van der Waals surface area contributed by atoms with Crippen LogP contribution in [0.15, 0.2) is 65.8 Å². The van der Waals surface area contributed by atoms with Crippen molar-refractivity contribution in [3.63, 3.8) is 0 Å². The first kappa shape index (κ1) is 116. The van der Waals surface area contributed by atoms with Crippen LogP contribution < -0.4 is 5.32 Å². The summed E-state index contributed by atoms with van der Waals surface area (Å²) in [6.07, 6.45) is 54.4. The minimum atomic E-state index is -1.65. The fourth-order valence-electron chi connectivity index (χ4n) is 18.1. The number of aliphatic hydroxyl groups excluding tert-OH is 5. The van der Waals surface area contributed by atoms with Crippen molar-refractivity contribution in [3.8, 4) is 0 Å². The van der Waals surface area contributed by atoms with Crippen LogP contribution in [0.2, 0.25) is 0 Å². The molecule has 2 aromatic carbocycles. The van der Waals surface area contributed by atoms with Crippen molar-refractivity contribution in [1.82, 2.24) is 15.1 Å². The van der Waals surface area contributed by atoms with Crippen LogP contribution in [0.1, 0.15) is 427 Å². The first-order valence-corrected chi connectivity index (χ1v) is 51.5. The number of nitrogens with zero attached hydrogens (tertiary/aromatic N) is 5. The minimum absolute atomic E-state index is 0. The van der Waals surface area contributed by atoms with E-state index in [1.54, 1.807) is 9.80 Å². The molecule has 2 aromatic rings. The van der Waals surface area contributed by atoms with Gasteiger partial charge in [-0.3, -0.25) is 4.79 Å². The van der Waals surface area contributed by atoms with Gasteiger partial charge in [0.1, 0.15) is 43.7 Å². The van der Waals surface area contributed by atoms with Gasteiger partial charge in [-0.25, -0.2) is 9.59 Å². The Balaban J connectivity index is 0.000000654. The number of ether oxygens (including phenoxy) is 8. The van der Waals surface area contributed by atoms with Crippen LogP contribution in [-0.4, -0.2) is 186 Å². The number of hydrogen-bond donors (Lipinski definition) is 6. The van der Waals surface area contributed by atoms with E-state index in [0.717, 1.165) is 127 Å². The number of amides is 3. The van der Waals surface area contributed by atoms with Crippen molar-refractivity contribution in [2.75, 3.05) is 52.6 Å². The predicted octanol–water partition coefficient (Wildman–Crippen LogP) is 25.6. The Labute approximate surface area is 773 Å². The third-order valence-electron chi connectivity index (χ3n) is 26.9. The molecular weight excluding hydrogens is 1600 g/mol. The summed E-state index contributed by atoms with van der Waals surface area (Å²) in [5.74, 6) is 0.214. The van der Waals surface area contributed by atoms with Crippen LogP contribution in [0.5, 0.6) is 0 Å². The van der Waals surface area contributed by atoms with E-state index in [2.05, 4.69) is 69.0 Å². The van der Waals surface area contributed by atoms with Crippen molar-refractivity contribution in [2.24, 2.45) is 22.9 Å². The molecule has 4 unspecified atom stereocenters. The fourth-order valence-corrected chi connectivity index (χ4v) is 18.1. The van der Waals surface area contributed by atoms with Gasteiger partial charge in [0, 0.05) is 43.4 Å². The smallest absolute Gasteiger partial charge is 0.409 e. The Kier molecular flexibility index (Phi) is 70.4. The number of nitrogens with one attached hydrogen (secondary N) is 1. The van der Waals surface area contributed by atoms with Gasteiger partial charge < -0.3 is 78.5 Å². The van der Waals surface area contributed by atoms with Gasteiger partial charge in [0.25, 0.3) is 0 Å². The first-order valence-electron chi connectivity index (χ1n) is 51.5. The lowest BCUT2D eigenvalue weighted by Crippen LogP contribution is -2.60. The topological polar surface area (TPSA) is 293 Å². The van der Waals surface area contributed by atoms with Crippen molar-refractivity contribution >= 4 is 18.1 Å². The summed E-state index contributed by atoms with van der Waals surface area (Å²) in [5, 5.41) is 61.8. The van der Waals surface area contributed by atoms with Crippen LogP contribution in [0.4, 0.5) is 9.59 Å². The molecule has 4 saturated heterocycles. The molecule has 0 saturated carbocycles. The van der Waals surface area contributed by atoms with Crippen molar-refractivity contribution < 1.29 is 77.8 Å². The molecule has 4 aliphatic rings. The zero-order valence-corrected chi connectivity index (χ0v) is 79.6. The Hall–Kier alpha value is -4.68. The lowest BCUT2D eigenvalue weighted by molar-refractivity contribution is -0.303. The molecule has 736 valence electrons. The maximum atomic E-state index is 13.2. The molecule has 3 amide bonds. The number of benzene rings is 2. The monoisotopic (exact) mass is 1790 g/mol. The van der Waals surface area contributed by atoms with E-state index >= 15 is 0 Å². The van der Waals surface area contributed by atoms with Crippen molar-refractivity contribution in [3.05, 3.63) is 82.2 Å². The van der Waals surface area contributed by atoms with Gasteiger partial charge in [-0.1, -0.05) is 418 Å². The number of rotatable bonds is 72. The molecule has 22 nitrogen and oxygen atoms in total. The van der Waals surface area contributed by atoms with Crippen molar-refractivity contribution in [1.29, 1.82) is 0 Å². The normalized spacial score (nSPS) is 21.5. The highest BCUT2D eigenvalue weighted by Gasteiger charge is 2.46. The average molecular weight is 1790 g/mol. The van der Waals surface area contributed by atoms with Gasteiger partial charge in [-0.15, -0.1) is 0 Å².